The molecular weight excluding hydrogens is 442 g/mol. The maximum Gasteiger partial charge on any atom is 0.352 e. The van der Waals surface area contributed by atoms with Gasteiger partial charge in [-0.25, -0.2) is 14.8 Å². The van der Waals surface area contributed by atoms with Gasteiger partial charge in [0.05, 0.1) is 0 Å². The second kappa shape index (κ2) is 8.57. The highest BCUT2D eigenvalue weighted by Gasteiger charge is 2.18. The Balaban J connectivity index is 1.66. The van der Waals surface area contributed by atoms with Gasteiger partial charge < -0.3 is 20.1 Å². The van der Waals surface area contributed by atoms with Crippen LogP contribution in [0.25, 0.3) is 21.7 Å². The molecule has 0 saturated heterocycles. The van der Waals surface area contributed by atoms with Crippen molar-refractivity contribution in [2.24, 2.45) is 5.73 Å². The summed E-state index contributed by atoms with van der Waals surface area (Å²) in [7, 11) is 0. The predicted molar refractivity (Wildman–Crippen MR) is 135 cm³/mol. The second-order valence-corrected chi connectivity index (χ2v) is 8.45. The number of fused-ring (bicyclic) bond motifs is 2. The number of aromatic carboxylic acids is 1. The number of nitrogens with one attached hydrogen (secondary N) is 1. The van der Waals surface area contributed by atoms with Crippen LogP contribution in [-0.2, 0) is 6.54 Å². The molecule has 3 aromatic carbocycles. The Labute approximate surface area is 201 Å². The minimum atomic E-state index is -1.04. The highest BCUT2D eigenvalue weighted by atomic mass is 16.5. The van der Waals surface area contributed by atoms with E-state index in [4.69, 9.17) is 15.9 Å². The first kappa shape index (κ1) is 22.1. The van der Waals surface area contributed by atoms with Crippen molar-refractivity contribution in [2.45, 2.75) is 20.4 Å². The zero-order valence-corrected chi connectivity index (χ0v) is 19.2. The number of hydrogen-bond acceptors (Lipinski definition) is 5. The van der Waals surface area contributed by atoms with Crippen LogP contribution >= 0.6 is 0 Å². The van der Waals surface area contributed by atoms with Gasteiger partial charge in [0.1, 0.15) is 17.3 Å². The van der Waals surface area contributed by atoms with Crippen LogP contribution < -0.4 is 10.5 Å². The first-order chi connectivity index (χ1) is 16.8. The number of ether oxygens (including phenoxy) is 1. The zero-order chi connectivity index (χ0) is 24.7. The fourth-order valence-electron chi connectivity index (χ4n) is 4.33. The lowest BCUT2D eigenvalue weighted by atomic mass is 10.0. The lowest BCUT2D eigenvalue weighted by Gasteiger charge is -2.14. The molecule has 2 heterocycles. The van der Waals surface area contributed by atoms with E-state index in [2.05, 4.69) is 9.97 Å². The SMILES string of the molecule is Cc1cc(C)nc(Oc2cc(Cn3c(C(=O)O)cc4ccc(C(=N)N)cc43)c3ccccc3c2)n1. The lowest BCUT2D eigenvalue weighted by Crippen LogP contribution is -2.12. The van der Waals surface area contributed by atoms with E-state index in [9.17, 15) is 9.90 Å². The molecule has 2 aromatic heterocycles. The summed E-state index contributed by atoms with van der Waals surface area (Å²) >= 11 is 0. The third-order valence-electron chi connectivity index (χ3n) is 5.85. The summed E-state index contributed by atoms with van der Waals surface area (Å²) in [5, 5.41) is 20.4. The maximum absolute atomic E-state index is 12.1. The summed E-state index contributed by atoms with van der Waals surface area (Å²) in [6.07, 6.45) is 0. The molecule has 0 spiro atoms. The van der Waals surface area contributed by atoms with Crippen LogP contribution in [0.1, 0.15) is 33.0 Å². The quantitative estimate of drug-likeness (QED) is 0.239. The van der Waals surface area contributed by atoms with Crippen LogP contribution in [0.15, 0.2) is 66.7 Å². The van der Waals surface area contributed by atoms with Crippen molar-refractivity contribution in [3.63, 3.8) is 0 Å². The topological polar surface area (TPSA) is 127 Å². The minimum absolute atomic E-state index is 0.0779. The molecule has 5 rings (SSSR count). The predicted octanol–water partition coefficient (Wildman–Crippen LogP) is 5.02. The summed E-state index contributed by atoms with van der Waals surface area (Å²) in [6, 6.07) is 20.7. The monoisotopic (exact) mass is 465 g/mol. The fourth-order valence-corrected chi connectivity index (χ4v) is 4.33. The van der Waals surface area contributed by atoms with E-state index in [1.807, 2.05) is 56.3 Å². The first-order valence-electron chi connectivity index (χ1n) is 11.0. The molecule has 0 radical (unpaired) electrons. The number of carboxylic acids is 1. The van der Waals surface area contributed by atoms with Crippen molar-refractivity contribution in [3.8, 4) is 11.8 Å². The summed E-state index contributed by atoms with van der Waals surface area (Å²) < 4.78 is 7.76. The van der Waals surface area contributed by atoms with Crippen LogP contribution in [0.4, 0.5) is 0 Å². The largest absolute Gasteiger partial charge is 0.477 e. The van der Waals surface area contributed by atoms with E-state index >= 15 is 0 Å². The molecule has 0 aliphatic carbocycles. The van der Waals surface area contributed by atoms with Crippen molar-refractivity contribution in [1.29, 1.82) is 5.41 Å². The summed E-state index contributed by atoms with van der Waals surface area (Å²) in [5.74, 6) is -0.557. The van der Waals surface area contributed by atoms with Gasteiger partial charge in [0.2, 0.25) is 0 Å². The molecule has 35 heavy (non-hydrogen) atoms. The molecule has 0 bridgehead atoms. The Kier molecular flexibility index (Phi) is 5.41. The number of hydrogen-bond donors (Lipinski definition) is 3. The Bertz CT molecular complexity index is 1620. The molecule has 4 N–H and O–H groups in total. The number of nitrogens with two attached hydrogens (primary N) is 1. The maximum atomic E-state index is 12.1. The molecule has 5 aromatic rings. The van der Waals surface area contributed by atoms with E-state index < -0.39 is 5.97 Å². The Morgan fingerprint density at radius 2 is 1.74 bits per heavy atom. The molecule has 8 nitrogen and oxygen atoms in total. The molecular formula is C27H23N5O3. The highest BCUT2D eigenvalue weighted by molar-refractivity contribution is 6.01. The third kappa shape index (κ3) is 4.29. The highest BCUT2D eigenvalue weighted by Crippen LogP contribution is 2.31. The molecule has 8 heteroatoms. The van der Waals surface area contributed by atoms with Gasteiger partial charge in [0, 0.05) is 34.4 Å². The van der Waals surface area contributed by atoms with Gasteiger partial charge in [-0.2, -0.15) is 0 Å². The number of carbonyl (C=O) groups is 1. The van der Waals surface area contributed by atoms with Gasteiger partial charge in [0.25, 0.3) is 0 Å². The standard InChI is InChI=1S/C27H23N5O3/c1-15-9-16(2)31-27(30-15)35-21-10-17-5-3-4-6-22(17)20(11-21)14-32-23-13-19(25(28)29)8-7-18(23)12-24(32)26(33)34/h3-13H,14H2,1-2H3,(H3,28,29)(H,33,34). The Morgan fingerprint density at radius 1 is 1.00 bits per heavy atom. The van der Waals surface area contributed by atoms with Crippen molar-refractivity contribution >= 4 is 33.5 Å². The number of benzene rings is 3. The second-order valence-electron chi connectivity index (χ2n) is 8.45. The number of amidine groups is 1. The number of aryl methyl sites for hydroxylation is 2. The van der Waals surface area contributed by atoms with Gasteiger partial charge in [-0.05, 0) is 60.5 Å². The Hall–Kier alpha value is -4.72. The van der Waals surface area contributed by atoms with Crippen molar-refractivity contribution < 1.29 is 14.6 Å². The third-order valence-corrected chi connectivity index (χ3v) is 5.85. The van der Waals surface area contributed by atoms with Gasteiger partial charge in [-0.3, -0.25) is 5.41 Å². The van der Waals surface area contributed by atoms with Gasteiger partial charge in [0.15, 0.2) is 0 Å². The minimum Gasteiger partial charge on any atom is -0.477 e. The zero-order valence-electron chi connectivity index (χ0n) is 19.2. The number of aromatic nitrogens is 3. The van der Waals surface area contributed by atoms with E-state index in [1.54, 1.807) is 28.8 Å². The fraction of sp³-hybridized carbons (Fsp3) is 0.111. The van der Waals surface area contributed by atoms with Crippen LogP contribution in [-0.4, -0.2) is 31.4 Å². The molecule has 0 atom stereocenters. The molecule has 0 saturated carbocycles. The van der Waals surface area contributed by atoms with Crippen LogP contribution in [0.2, 0.25) is 0 Å². The molecule has 0 aliphatic rings. The first-order valence-corrected chi connectivity index (χ1v) is 11.0. The molecule has 0 unspecified atom stereocenters. The lowest BCUT2D eigenvalue weighted by molar-refractivity contribution is 0.0686. The van der Waals surface area contributed by atoms with Crippen LogP contribution in [0, 0.1) is 19.3 Å². The average molecular weight is 466 g/mol. The number of nitrogens with zero attached hydrogens (tertiary/aromatic N) is 3. The van der Waals surface area contributed by atoms with Crippen molar-refractivity contribution in [2.75, 3.05) is 0 Å². The molecule has 0 amide bonds. The molecule has 0 aliphatic heterocycles. The van der Waals surface area contributed by atoms with E-state index in [0.717, 1.165) is 33.1 Å². The van der Waals surface area contributed by atoms with Crippen molar-refractivity contribution in [3.05, 3.63) is 94.9 Å². The molecule has 0 fully saturated rings. The van der Waals surface area contributed by atoms with Crippen LogP contribution in [0.3, 0.4) is 0 Å². The van der Waals surface area contributed by atoms with Crippen molar-refractivity contribution in [1.82, 2.24) is 14.5 Å². The number of carboxylic acid groups (broad SMARTS) is 1. The normalized spacial score (nSPS) is 11.1. The number of rotatable bonds is 6. The number of nitrogen functional groups attached to an aromatic ring is 1. The van der Waals surface area contributed by atoms with Gasteiger partial charge in [-0.1, -0.05) is 36.4 Å². The Morgan fingerprint density at radius 3 is 2.46 bits per heavy atom. The van der Waals surface area contributed by atoms with Gasteiger partial charge in [-0.15, -0.1) is 0 Å². The summed E-state index contributed by atoms with van der Waals surface area (Å²) in [4.78, 5) is 20.8. The smallest absolute Gasteiger partial charge is 0.352 e. The average Bonchev–Trinajstić information content (AvgIpc) is 3.16. The van der Waals surface area contributed by atoms with E-state index in [0.29, 0.717) is 16.8 Å². The van der Waals surface area contributed by atoms with E-state index in [-0.39, 0.29) is 24.1 Å². The van der Waals surface area contributed by atoms with Crippen LogP contribution in [0.5, 0.6) is 11.8 Å². The molecule has 174 valence electrons. The van der Waals surface area contributed by atoms with Gasteiger partial charge >= 0.3 is 12.0 Å². The summed E-state index contributed by atoms with van der Waals surface area (Å²) in [5.41, 5.74) is 9.53. The summed E-state index contributed by atoms with van der Waals surface area (Å²) in [6.45, 7) is 4.04. The van der Waals surface area contributed by atoms with E-state index in [1.165, 1.54) is 0 Å².